The molecule has 1 atom stereocenters. The van der Waals surface area contributed by atoms with Crippen LogP contribution in [-0.2, 0) is 19.1 Å². The van der Waals surface area contributed by atoms with Crippen molar-refractivity contribution < 1.29 is 23.5 Å². The van der Waals surface area contributed by atoms with E-state index in [9.17, 15) is 18.8 Å². The number of nitrogens with one attached hydrogen (secondary N) is 1. The summed E-state index contributed by atoms with van der Waals surface area (Å²) in [6.45, 7) is 6.94. The molecule has 8 nitrogen and oxygen atoms in total. The topological polar surface area (TPSA) is 82.2 Å². The van der Waals surface area contributed by atoms with Crippen molar-refractivity contribution in [1.29, 1.82) is 0 Å². The predicted molar refractivity (Wildman–Crippen MR) is 121 cm³/mol. The molecule has 1 N–H and O–H groups in total. The molecular weight excluding hydrogens is 427 g/mol. The Bertz CT molecular complexity index is 862. The number of nitrogens with zero attached hydrogens (tertiary/aromatic N) is 3. The van der Waals surface area contributed by atoms with Crippen LogP contribution in [0.3, 0.4) is 0 Å². The van der Waals surface area contributed by atoms with Gasteiger partial charge < -0.3 is 19.9 Å². The fourth-order valence-electron chi connectivity index (χ4n) is 5.11. The van der Waals surface area contributed by atoms with Gasteiger partial charge in [0.05, 0.1) is 12.0 Å². The van der Waals surface area contributed by atoms with Gasteiger partial charge in [-0.2, -0.15) is 0 Å². The van der Waals surface area contributed by atoms with Crippen LogP contribution >= 0.6 is 0 Å². The highest BCUT2D eigenvalue weighted by molar-refractivity contribution is 5.84. The van der Waals surface area contributed by atoms with Gasteiger partial charge in [0, 0.05) is 64.8 Å². The van der Waals surface area contributed by atoms with Crippen molar-refractivity contribution in [3.63, 3.8) is 0 Å². The summed E-state index contributed by atoms with van der Waals surface area (Å²) >= 11 is 0. The summed E-state index contributed by atoms with van der Waals surface area (Å²) in [7, 11) is 0. The van der Waals surface area contributed by atoms with Crippen LogP contribution in [-0.4, -0.2) is 86.0 Å². The van der Waals surface area contributed by atoms with Crippen LogP contribution in [0.2, 0.25) is 0 Å². The molecule has 0 saturated carbocycles. The first-order valence-electron chi connectivity index (χ1n) is 11.8. The first-order chi connectivity index (χ1) is 15.8. The Morgan fingerprint density at radius 3 is 2.39 bits per heavy atom. The number of cyclic esters (lactones) is 1. The van der Waals surface area contributed by atoms with Crippen LogP contribution in [0.1, 0.15) is 32.6 Å². The van der Waals surface area contributed by atoms with E-state index in [-0.39, 0.29) is 36.2 Å². The molecule has 4 rings (SSSR count). The number of likely N-dealkylation sites (tertiary alicyclic amines) is 1. The van der Waals surface area contributed by atoms with Crippen LogP contribution in [0.15, 0.2) is 24.3 Å². The molecule has 3 aliphatic heterocycles. The number of benzene rings is 1. The highest BCUT2D eigenvalue weighted by Gasteiger charge is 2.50. The van der Waals surface area contributed by atoms with Gasteiger partial charge in [-0.05, 0) is 43.5 Å². The number of carbonyl (C=O) groups is 3. The number of hydrogen-bond donors (Lipinski definition) is 1. The second kappa shape index (κ2) is 10.1. The zero-order chi connectivity index (χ0) is 23.4. The van der Waals surface area contributed by atoms with Gasteiger partial charge >= 0.3 is 5.97 Å². The van der Waals surface area contributed by atoms with Gasteiger partial charge in [0.2, 0.25) is 11.8 Å². The lowest BCUT2D eigenvalue weighted by molar-refractivity contribution is -0.152. The number of piperidine rings is 1. The molecule has 0 radical (unpaired) electrons. The lowest BCUT2D eigenvalue weighted by atomic mass is 9.75. The monoisotopic (exact) mass is 460 g/mol. The Morgan fingerprint density at radius 2 is 1.76 bits per heavy atom. The summed E-state index contributed by atoms with van der Waals surface area (Å²) < 4.78 is 18.9. The number of piperazine rings is 1. The minimum Gasteiger partial charge on any atom is -0.462 e. The van der Waals surface area contributed by atoms with Gasteiger partial charge in [-0.3, -0.25) is 19.3 Å². The Kier molecular flexibility index (Phi) is 7.17. The number of anilines is 1. The first kappa shape index (κ1) is 23.5. The second-order valence-electron chi connectivity index (χ2n) is 9.40. The Hall–Kier alpha value is -2.68. The largest absolute Gasteiger partial charge is 0.462 e. The molecule has 1 aromatic carbocycles. The molecule has 1 unspecified atom stereocenters. The number of rotatable bonds is 6. The highest BCUT2D eigenvalue weighted by atomic mass is 19.1. The number of amides is 2. The first-order valence-corrected chi connectivity index (χ1v) is 11.8. The maximum absolute atomic E-state index is 13.1. The second-order valence-corrected chi connectivity index (χ2v) is 9.40. The number of carbonyl (C=O) groups excluding carboxylic acids is 3. The molecule has 0 bridgehead atoms. The summed E-state index contributed by atoms with van der Waals surface area (Å²) in [4.78, 5) is 42.3. The van der Waals surface area contributed by atoms with Crippen molar-refractivity contribution in [2.75, 3.05) is 57.3 Å². The normalized spacial score (nSPS) is 23.0. The van der Waals surface area contributed by atoms with Gasteiger partial charge in [-0.1, -0.05) is 0 Å². The third kappa shape index (κ3) is 5.63. The quantitative estimate of drug-likeness (QED) is 0.647. The number of esters is 1. The van der Waals surface area contributed by atoms with Crippen molar-refractivity contribution in [2.24, 2.45) is 5.41 Å². The summed E-state index contributed by atoms with van der Waals surface area (Å²) in [5, 5.41) is 2.54. The number of ether oxygens (including phenoxy) is 1. The van der Waals surface area contributed by atoms with E-state index in [4.69, 9.17) is 4.74 Å². The maximum atomic E-state index is 13.1. The predicted octanol–water partition coefficient (Wildman–Crippen LogP) is 1.40. The molecule has 2 amide bonds. The highest BCUT2D eigenvalue weighted by Crippen LogP contribution is 2.43. The van der Waals surface area contributed by atoms with E-state index in [1.54, 1.807) is 4.90 Å². The van der Waals surface area contributed by atoms with Crippen LogP contribution in [0.25, 0.3) is 0 Å². The van der Waals surface area contributed by atoms with Gasteiger partial charge in [0.1, 0.15) is 11.9 Å². The van der Waals surface area contributed by atoms with Crippen molar-refractivity contribution >= 4 is 23.5 Å². The minimum absolute atomic E-state index is 0.00380. The van der Waals surface area contributed by atoms with E-state index >= 15 is 0 Å². The standard InChI is InChI=1S/C24H33FN4O4/c1-18(30)26-17-22(31)29-10-7-24(8-11-29)16-21(33-23(24)32)6-9-27-12-14-28(15-13-27)20-4-2-19(25)3-5-20/h2-5,21H,6-17H2,1H3,(H,26,30). The molecule has 3 fully saturated rings. The lowest BCUT2D eigenvalue weighted by Gasteiger charge is -2.37. The average Bonchev–Trinajstić information content (AvgIpc) is 3.12. The van der Waals surface area contributed by atoms with Crippen molar-refractivity contribution in [2.45, 2.75) is 38.7 Å². The lowest BCUT2D eigenvalue weighted by Crippen LogP contribution is -2.48. The van der Waals surface area contributed by atoms with Gasteiger partial charge in [-0.25, -0.2) is 4.39 Å². The molecule has 3 saturated heterocycles. The van der Waals surface area contributed by atoms with E-state index in [1.807, 2.05) is 12.1 Å². The summed E-state index contributed by atoms with van der Waals surface area (Å²) in [5.41, 5.74) is 0.570. The summed E-state index contributed by atoms with van der Waals surface area (Å²) in [6.07, 6.45) is 2.69. The summed E-state index contributed by atoms with van der Waals surface area (Å²) in [5.74, 6) is -0.676. The molecule has 9 heteroatoms. The smallest absolute Gasteiger partial charge is 0.312 e. The molecular formula is C24H33FN4O4. The Morgan fingerprint density at radius 1 is 1.09 bits per heavy atom. The zero-order valence-electron chi connectivity index (χ0n) is 19.2. The molecule has 3 heterocycles. The average molecular weight is 461 g/mol. The third-order valence-electron chi connectivity index (χ3n) is 7.22. The van der Waals surface area contributed by atoms with Crippen molar-refractivity contribution in [3.8, 4) is 0 Å². The fraction of sp³-hybridized carbons (Fsp3) is 0.625. The third-order valence-corrected chi connectivity index (χ3v) is 7.22. The van der Waals surface area contributed by atoms with Crippen molar-refractivity contribution in [3.05, 3.63) is 30.1 Å². The van der Waals surface area contributed by atoms with Gasteiger partial charge in [0.15, 0.2) is 0 Å². The Balaban J connectivity index is 1.19. The molecule has 1 aromatic rings. The molecule has 3 aliphatic rings. The van der Waals surface area contributed by atoms with E-state index in [0.717, 1.165) is 51.3 Å². The SMILES string of the molecule is CC(=O)NCC(=O)N1CCC2(CC1)CC(CCN1CCN(c3ccc(F)cc3)CC1)OC2=O. The molecule has 0 aromatic heterocycles. The van der Waals surface area contributed by atoms with E-state index in [1.165, 1.54) is 19.1 Å². The Labute approximate surface area is 194 Å². The zero-order valence-corrected chi connectivity index (χ0v) is 19.2. The summed E-state index contributed by atoms with van der Waals surface area (Å²) in [6, 6.07) is 6.63. The van der Waals surface area contributed by atoms with Crippen LogP contribution in [0, 0.1) is 11.2 Å². The molecule has 180 valence electrons. The van der Waals surface area contributed by atoms with Gasteiger partial charge in [-0.15, -0.1) is 0 Å². The maximum Gasteiger partial charge on any atom is 0.312 e. The fourth-order valence-corrected chi connectivity index (χ4v) is 5.11. The number of hydrogen-bond acceptors (Lipinski definition) is 6. The van der Waals surface area contributed by atoms with Crippen molar-refractivity contribution in [1.82, 2.24) is 15.1 Å². The van der Waals surface area contributed by atoms with Crippen LogP contribution in [0.4, 0.5) is 10.1 Å². The van der Waals surface area contributed by atoms with Crippen LogP contribution < -0.4 is 10.2 Å². The number of halogens is 1. The van der Waals surface area contributed by atoms with Crippen LogP contribution in [0.5, 0.6) is 0 Å². The molecule has 0 aliphatic carbocycles. The van der Waals surface area contributed by atoms with Gasteiger partial charge in [0.25, 0.3) is 0 Å². The van der Waals surface area contributed by atoms with E-state index in [0.29, 0.717) is 25.9 Å². The minimum atomic E-state index is -0.475. The van der Waals surface area contributed by atoms with E-state index in [2.05, 4.69) is 15.1 Å². The van der Waals surface area contributed by atoms with E-state index < -0.39 is 5.41 Å². The molecule has 33 heavy (non-hydrogen) atoms. The molecule has 1 spiro atoms.